The number of hydrogen-bond acceptors (Lipinski definition) is 0. The number of rotatable bonds is 3. The van der Waals surface area contributed by atoms with E-state index in [4.69, 9.17) is 0 Å². The van der Waals surface area contributed by atoms with E-state index in [0.29, 0.717) is 0 Å². The minimum absolute atomic E-state index is 0.814. The van der Waals surface area contributed by atoms with Crippen LogP contribution in [0.1, 0.15) is 46.0 Å². The van der Waals surface area contributed by atoms with Gasteiger partial charge in [-0.2, -0.15) is 0 Å². The van der Waals surface area contributed by atoms with Gasteiger partial charge < -0.3 is 0 Å². The fourth-order valence-corrected chi connectivity index (χ4v) is 2.51. The minimum Gasteiger partial charge on any atom is -0.103 e. The van der Waals surface area contributed by atoms with Crippen molar-refractivity contribution in [1.29, 1.82) is 0 Å². The first kappa shape index (κ1) is 9.83. The summed E-state index contributed by atoms with van der Waals surface area (Å²) in [6.07, 6.45) is 9.19. The molecule has 1 aliphatic carbocycles. The van der Waals surface area contributed by atoms with E-state index in [2.05, 4.69) is 26.5 Å². The summed E-state index contributed by atoms with van der Waals surface area (Å²) in [6.45, 7) is 8.61. The van der Waals surface area contributed by atoms with Crippen molar-refractivity contribution in [2.24, 2.45) is 17.8 Å². The van der Waals surface area contributed by atoms with Crippen LogP contribution in [0.3, 0.4) is 0 Å². The molecular formula is C12H22. The highest BCUT2D eigenvalue weighted by Gasteiger charge is 2.25. The van der Waals surface area contributed by atoms with E-state index in [1.54, 1.807) is 0 Å². The van der Waals surface area contributed by atoms with Crippen LogP contribution in [0.2, 0.25) is 0 Å². The average molecular weight is 166 g/mol. The van der Waals surface area contributed by atoms with Crippen LogP contribution in [0.25, 0.3) is 0 Å². The first-order valence-corrected chi connectivity index (χ1v) is 5.40. The Labute approximate surface area is 77.1 Å². The maximum Gasteiger partial charge on any atom is -0.0205 e. The quantitative estimate of drug-likeness (QED) is 0.555. The van der Waals surface area contributed by atoms with E-state index in [0.717, 1.165) is 17.8 Å². The molecule has 0 radical (unpaired) electrons. The second-order valence-electron chi connectivity index (χ2n) is 4.37. The summed E-state index contributed by atoms with van der Waals surface area (Å²) < 4.78 is 0. The van der Waals surface area contributed by atoms with Crippen LogP contribution >= 0.6 is 0 Å². The molecule has 0 amide bonds. The van der Waals surface area contributed by atoms with Crippen LogP contribution in [0.15, 0.2) is 12.7 Å². The third-order valence-electron chi connectivity index (χ3n) is 3.27. The van der Waals surface area contributed by atoms with Crippen LogP contribution in [-0.4, -0.2) is 0 Å². The number of allylic oxidation sites excluding steroid dienone is 1. The molecule has 0 aromatic rings. The normalized spacial score (nSPS) is 36.3. The van der Waals surface area contributed by atoms with Crippen molar-refractivity contribution >= 4 is 0 Å². The van der Waals surface area contributed by atoms with Crippen molar-refractivity contribution in [2.75, 3.05) is 0 Å². The molecule has 1 rings (SSSR count). The molecule has 3 unspecified atom stereocenters. The molecule has 3 atom stereocenters. The standard InChI is InChI=1S/C12H22/c1-4-6-12-8-7-10(3)9-11(12)5-2/h5,10-12H,2,4,6-9H2,1,3H3. The van der Waals surface area contributed by atoms with Gasteiger partial charge in [0.25, 0.3) is 0 Å². The lowest BCUT2D eigenvalue weighted by Crippen LogP contribution is -2.21. The SMILES string of the molecule is C=CC1CC(C)CCC1CCC. The van der Waals surface area contributed by atoms with Gasteiger partial charge in [-0.15, -0.1) is 6.58 Å². The predicted octanol–water partition coefficient (Wildman–Crippen LogP) is 4.02. The molecule has 0 spiro atoms. The van der Waals surface area contributed by atoms with E-state index >= 15 is 0 Å². The van der Waals surface area contributed by atoms with E-state index in [1.165, 1.54) is 32.1 Å². The van der Waals surface area contributed by atoms with Gasteiger partial charge in [0.2, 0.25) is 0 Å². The second-order valence-corrected chi connectivity index (χ2v) is 4.37. The Morgan fingerprint density at radius 3 is 2.75 bits per heavy atom. The molecule has 70 valence electrons. The van der Waals surface area contributed by atoms with Gasteiger partial charge in [0, 0.05) is 0 Å². The van der Waals surface area contributed by atoms with Crippen molar-refractivity contribution in [2.45, 2.75) is 46.0 Å². The fraction of sp³-hybridized carbons (Fsp3) is 0.833. The first-order valence-electron chi connectivity index (χ1n) is 5.40. The lowest BCUT2D eigenvalue weighted by atomic mass is 9.73. The largest absolute Gasteiger partial charge is 0.103 e. The molecule has 0 bridgehead atoms. The van der Waals surface area contributed by atoms with Crippen LogP contribution in [-0.2, 0) is 0 Å². The maximum atomic E-state index is 3.95. The summed E-state index contributed by atoms with van der Waals surface area (Å²) in [6, 6.07) is 0. The van der Waals surface area contributed by atoms with Crippen LogP contribution in [0, 0.1) is 17.8 Å². The zero-order chi connectivity index (χ0) is 8.97. The van der Waals surface area contributed by atoms with Gasteiger partial charge >= 0.3 is 0 Å². The monoisotopic (exact) mass is 166 g/mol. The topological polar surface area (TPSA) is 0 Å². The molecule has 1 saturated carbocycles. The molecular weight excluding hydrogens is 144 g/mol. The molecule has 12 heavy (non-hydrogen) atoms. The molecule has 0 aromatic carbocycles. The third-order valence-corrected chi connectivity index (χ3v) is 3.27. The molecule has 0 heteroatoms. The van der Waals surface area contributed by atoms with Crippen LogP contribution in [0.5, 0.6) is 0 Å². The van der Waals surface area contributed by atoms with Gasteiger partial charge in [0.05, 0.1) is 0 Å². The second kappa shape index (κ2) is 4.69. The summed E-state index contributed by atoms with van der Waals surface area (Å²) >= 11 is 0. The Morgan fingerprint density at radius 1 is 1.42 bits per heavy atom. The Bertz CT molecular complexity index is 137. The Balaban J connectivity index is 2.44. The summed E-state index contributed by atoms with van der Waals surface area (Å²) in [5.74, 6) is 2.69. The van der Waals surface area contributed by atoms with Gasteiger partial charge in [-0.25, -0.2) is 0 Å². The number of hydrogen-bond donors (Lipinski definition) is 0. The molecule has 0 heterocycles. The van der Waals surface area contributed by atoms with Crippen molar-refractivity contribution in [3.05, 3.63) is 12.7 Å². The highest BCUT2D eigenvalue weighted by molar-refractivity contribution is 4.89. The maximum absolute atomic E-state index is 3.95. The van der Waals surface area contributed by atoms with E-state index in [1.807, 2.05) is 0 Å². The predicted molar refractivity (Wildman–Crippen MR) is 55.1 cm³/mol. The summed E-state index contributed by atoms with van der Waals surface area (Å²) in [7, 11) is 0. The van der Waals surface area contributed by atoms with Crippen molar-refractivity contribution in [1.82, 2.24) is 0 Å². The summed E-state index contributed by atoms with van der Waals surface area (Å²) in [5, 5.41) is 0. The molecule has 0 N–H and O–H groups in total. The zero-order valence-corrected chi connectivity index (χ0v) is 8.55. The molecule has 0 saturated heterocycles. The van der Waals surface area contributed by atoms with Gasteiger partial charge in [0.1, 0.15) is 0 Å². The van der Waals surface area contributed by atoms with Crippen molar-refractivity contribution < 1.29 is 0 Å². The average Bonchev–Trinajstić information content (AvgIpc) is 2.08. The van der Waals surface area contributed by atoms with Gasteiger partial charge in [-0.05, 0) is 30.6 Å². The van der Waals surface area contributed by atoms with E-state index < -0.39 is 0 Å². The molecule has 0 aliphatic heterocycles. The van der Waals surface area contributed by atoms with Crippen molar-refractivity contribution in [3.63, 3.8) is 0 Å². The zero-order valence-electron chi connectivity index (χ0n) is 8.55. The Kier molecular flexibility index (Phi) is 3.84. The van der Waals surface area contributed by atoms with E-state index in [-0.39, 0.29) is 0 Å². The lowest BCUT2D eigenvalue weighted by Gasteiger charge is -2.32. The molecule has 0 nitrogen and oxygen atoms in total. The fourth-order valence-electron chi connectivity index (χ4n) is 2.51. The molecule has 0 aromatic heterocycles. The lowest BCUT2D eigenvalue weighted by molar-refractivity contribution is 0.216. The molecule has 1 fully saturated rings. The smallest absolute Gasteiger partial charge is 0.0205 e. The highest BCUT2D eigenvalue weighted by Crippen LogP contribution is 2.36. The Hall–Kier alpha value is -0.260. The van der Waals surface area contributed by atoms with Gasteiger partial charge in [-0.1, -0.05) is 39.2 Å². The highest BCUT2D eigenvalue weighted by atomic mass is 14.3. The third kappa shape index (κ3) is 2.36. The van der Waals surface area contributed by atoms with Crippen LogP contribution in [0.4, 0.5) is 0 Å². The minimum atomic E-state index is 0.814. The van der Waals surface area contributed by atoms with Gasteiger partial charge in [-0.3, -0.25) is 0 Å². The van der Waals surface area contributed by atoms with Crippen molar-refractivity contribution in [3.8, 4) is 0 Å². The Morgan fingerprint density at radius 2 is 2.17 bits per heavy atom. The van der Waals surface area contributed by atoms with Gasteiger partial charge in [0.15, 0.2) is 0 Å². The first-order chi connectivity index (χ1) is 5.77. The van der Waals surface area contributed by atoms with Crippen LogP contribution < -0.4 is 0 Å². The molecule has 1 aliphatic rings. The summed E-state index contributed by atoms with van der Waals surface area (Å²) in [5.41, 5.74) is 0. The van der Waals surface area contributed by atoms with E-state index in [9.17, 15) is 0 Å². The summed E-state index contributed by atoms with van der Waals surface area (Å²) in [4.78, 5) is 0.